The van der Waals surface area contributed by atoms with Gasteiger partial charge in [-0.2, -0.15) is 0 Å². The second-order valence-electron chi connectivity index (χ2n) is 9.04. The van der Waals surface area contributed by atoms with Crippen molar-refractivity contribution in [1.82, 2.24) is 14.9 Å². The van der Waals surface area contributed by atoms with Crippen LogP contribution in [0.2, 0.25) is 0 Å². The van der Waals surface area contributed by atoms with E-state index in [1.54, 1.807) is 0 Å². The van der Waals surface area contributed by atoms with Crippen molar-refractivity contribution in [3.63, 3.8) is 0 Å². The lowest BCUT2D eigenvalue weighted by molar-refractivity contribution is 0.251. The molecule has 0 unspecified atom stereocenters. The second-order valence-corrected chi connectivity index (χ2v) is 9.04. The molecule has 4 rings (SSSR count). The Hall–Kier alpha value is -3.11. The fourth-order valence-corrected chi connectivity index (χ4v) is 4.31. The maximum absolute atomic E-state index is 4.85. The highest BCUT2D eigenvalue weighted by molar-refractivity contribution is 5.65. The summed E-state index contributed by atoms with van der Waals surface area (Å²) in [6, 6.07) is 19.1. The first-order valence-electron chi connectivity index (χ1n) is 11.4. The van der Waals surface area contributed by atoms with Gasteiger partial charge in [0.05, 0.1) is 11.4 Å². The van der Waals surface area contributed by atoms with Gasteiger partial charge >= 0.3 is 0 Å². The van der Waals surface area contributed by atoms with Gasteiger partial charge in [0.1, 0.15) is 0 Å². The molecule has 0 amide bonds. The van der Waals surface area contributed by atoms with E-state index in [1.165, 1.54) is 22.3 Å². The van der Waals surface area contributed by atoms with Crippen LogP contribution in [0.15, 0.2) is 83.8 Å². The lowest BCUT2D eigenvalue weighted by atomic mass is 9.77. The Balaban J connectivity index is 1.61. The van der Waals surface area contributed by atoms with Gasteiger partial charge in [0.2, 0.25) is 0 Å². The Bertz CT molecular complexity index is 1100. The number of pyridine rings is 2. The highest BCUT2D eigenvalue weighted by Crippen LogP contribution is 2.33. The predicted molar refractivity (Wildman–Crippen MR) is 132 cm³/mol. The standard InChI is InChI=1S/C28H32N4/c1-22-9-7-15-30-26(22)20-32(18-14-23-13-17-29-19-23)21-27-25(12-8-16-31-27)28(2,3)24-10-5-4-6-11-24/h4-12,15-17,19H,13-14,18,20-21H2,1-3H3. The van der Waals surface area contributed by atoms with Crippen LogP contribution in [0.25, 0.3) is 0 Å². The van der Waals surface area contributed by atoms with Gasteiger partial charge in [0, 0.05) is 56.3 Å². The van der Waals surface area contributed by atoms with Crippen LogP contribution < -0.4 is 0 Å². The van der Waals surface area contributed by atoms with E-state index in [0.717, 1.165) is 43.9 Å². The molecule has 0 N–H and O–H groups in total. The van der Waals surface area contributed by atoms with Gasteiger partial charge in [0.25, 0.3) is 0 Å². The molecule has 32 heavy (non-hydrogen) atoms. The van der Waals surface area contributed by atoms with E-state index >= 15 is 0 Å². The van der Waals surface area contributed by atoms with Gasteiger partial charge in [-0.3, -0.25) is 19.9 Å². The number of aryl methyl sites for hydroxylation is 1. The molecule has 164 valence electrons. The van der Waals surface area contributed by atoms with Crippen molar-refractivity contribution in [2.75, 3.05) is 6.54 Å². The van der Waals surface area contributed by atoms with Crippen LogP contribution in [0.4, 0.5) is 0 Å². The maximum Gasteiger partial charge on any atom is 0.0584 e. The van der Waals surface area contributed by atoms with Crippen LogP contribution >= 0.6 is 0 Å². The highest BCUT2D eigenvalue weighted by Gasteiger charge is 2.27. The summed E-state index contributed by atoms with van der Waals surface area (Å²) in [6.45, 7) is 9.26. The van der Waals surface area contributed by atoms with Gasteiger partial charge in [-0.05, 0) is 47.7 Å². The van der Waals surface area contributed by atoms with Crippen molar-refractivity contribution in [2.24, 2.45) is 4.99 Å². The SMILES string of the molecule is Cc1cccnc1CN(CCC1=CN=CC1)Cc1ncccc1C(C)(C)c1ccccc1. The minimum absolute atomic E-state index is 0.126. The number of rotatable bonds is 9. The third kappa shape index (κ3) is 5.20. The third-order valence-electron chi connectivity index (χ3n) is 6.39. The molecule has 1 aliphatic rings. The number of hydrogen-bond donors (Lipinski definition) is 0. The first-order chi connectivity index (χ1) is 15.5. The molecule has 3 aromatic rings. The minimum Gasteiger partial charge on any atom is -0.291 e. The predicted octanol–water partition coefficient (Wildman–Crippen LogP) is 5.86. The topological polar surface area (TPSA) is 41.4 Å². The summed E-state index contributed by atoms with van der Waals surface area (Å²) in [5.41, 5.74) is 7.33. The Morgan fingerprint density at radius 1 is 0.875 bits per heavy atom. The first kappa shape index (κ1) is 22.1. The molecule has 0 bridgehead atoms. The van der Waals surface area contributed by atoms with Crippen LogP contribution in [0, 0.1) is 6.92 Å². The van der Waals surface area contributed by atoms with Crippen LogP contribution in [0.1, 0.15) is 54.8 Å². The van der Waals surface area contributed by atoms with Gasteiger partial charge in [-0.15, -0.1) is 0 Å². The van der Waals surface area contributed by atoms with Gasteiger partial charge < -0.3 is 0 Å². The first-order valence-corrected chi connectivity index (χ1v) is 11.4. The number of nitrogens with zero attached hydrogens (tertiary/aromatic N) is 4. The van der Waals surface area contributed by atoms with Gasteiger partial charge in [-0.25, -0.2) is 0 Å². The summed E-state index contributed by atoms with van der Waals surface area (Å²) in [5, 5.41) is 0. The fourth-order valence-electron chi connectivity index (χ4n) is 4.31. The molecular formula is C28H32N4. The summed E-state index contributed by atoms with van der Waals surface area (Å²) >= 11 is 0. The lowest BCUT2D eigenvalue weighted by Gasteiger charge is -2.30. The molecule has 4 heteroatoms. The Kier molecular flexibility index (Phi) is 6.91. The van der Waals surface area contributed by atoms with Crippen LogP contribution in [-0.4, -0.2) is 27.6 Å². The van der Waals surface area contributed by atoms with Crippen molar-refractivity contribution in [3.05, 3.63) is 107 Å². The number of hydrogen-bond acceptors (Lipinski definition) is 4. The van der Waals surface area contributed by atoms with Crippen molar-refractivity contribution in [2.45, 2.75) is 52.1 Å². The van der Waals surface area contributed by atoms with E-state index < -0.39 is 0 Å². The molecule has 3 heterocycles. The van der Waals surface area contributed by atoms with E-state index in [9.17, 15) is 0 Å². The minimum atomic E-state index is -0.126. The molecule has 0 saturated heterocycles. The van der Waals surface area contributed by atoms with Gasteiger partial charge in [0.15, 0.2) is 0 Å². The van der Waals surface area contributed by atoms with Crippen LogP contribution in [-0.2, 0) is 18.5 Å². The molecule has 0 spiro atoms. The lowest BCUT2D eigenvalue weighted by Crippen LogP contribution is -2.29. The van der Waals surface area contributed by atoms with Crippen LogP contribution in [0.5, 0.6) is 0 Å². The van der Waals surface area contributed by atoms with E-state index in [2.05, 4.69) is 84.2 Å². The summed E-state index contributed by atoms with van der Waals surface area (Å²) in [4.78, 5) is 16.3. The average Bonchev–Trinajstić information content (AvgIpc) is 3.33. The maximum atomic E-state index is 4.85. The summed E-state index contributed by atoms with van der Waals surface area (Å²) in [6.07, 6.45) is 9.77. The van der Waals surface area contributed by atoms with E-state index in [4.69, 9.17) is 4.98 Å². The summed E-state index contributed by atoms with van der Waals surface area (Å²) in [7, 11) is 0. The molecule has 0 saturated carbocycles. The quantitative estimate of drug-likeness (QED) is 0.432. The molecule has 2 aromatic heterocycles. The number of aliphatic imine (C=N–C) groups is 1. The average molecular weight is 425 g/mol. The van der Waals surface area contributed by atoms with Crippen molar-refractivity contribution in [1.29, 1.82) is 0 Å². The zero-order valence-electron chi connectivity index (χ0n) is 19.3. The highest BCUT2D eigenvalue weighted by atomic mass is 15.1. The third-order valence-corrected chi connectivity index (χ3v) is 6.39. The molecule has 1 aliphatic heterocycles. The molecule has 0 fully saturated rings. The molecular weight excluding hydrogens is 392 g/mol. The van der Waals surface area contributed by atoms with Crippen molar-refractivity contribution >= 4 is 6.21 Å². The molecule has 0 atom stereocenters. The van der Waals surface area contributed by atoms with Crippen molar-refractivity contribution in [3.8, 4) is 0 Å². The van der Waals surface area contributed by atoms with E-state index in [0.29, 0.717) is 0 Å². The number of aromatic nitrogens is 2. The van der Waals surface area contributed by atoms with E-state index in [1.807, 2.05) is 30.9 Å². The molecule has 0 aliphatic carbocycles. The fraction of sp³-hybridized carbons (Fsp3) is 0.321. The molecule has 1 aromatic carbocycles. The normalized spacial score (nSPS) is 13.6. The smallest absolute Gasteiger partial charge is 0.0584 e. The summed E-state index contributed by atoms with van der Waals surface area (Å²) in [5.74, 6) is 0. The van der Waals surface area contributed by atoms with Crippen molar-refractivity contribution < 1.29 is 0 Å². The van der Waals surface area contributed by atoms with Crippen LogP contribution in [0.3, 0.4) is 0 Å². The summed E-state index contributed by atoms with van der Waals surface area (Å²) < 4.78 is 0. The number of benzene rings is 1. The molecule has 4 nitrogen and oxygen atoms in total. The zero-order valence-corrected chi connectivity index (χ0v) is 19.3. The van der Waals surface area contributed by atoms with Gasteiger partial charge in [-0.1, -0.05) is 56.3 Å². The Morgan fingerprint density at radius 3 is 2.31 bits per heavy atom. The Morgan fingerprint density at radius 2 is 1.59 bits per heavy atom. The largest absolute Gasteiger partial charge is 0.291 e. The monoisotopic (exact) mass is 424 g/mol. The van der Waals surface area contributed by atoms with E-state index in [-0.39, 0.29) is 5.41 Å². The zero-order chi connectivity index (χ0) is 22.4. The molecule has 0 radical (unpaired) electrons. The second kappa shape index (κ2) is 10.0. The Labute approximate surface area is 191 Å².